The first-order valence-corrected chi connectivity index (χ1v) is 7.23. The van der Waals surface area contributed by atoms with Crippen molar-refractivity contribution in [3.8, 4) is 0 Å². The number of aliphatic hydroxyl groups is 1. The van der Waals surface area contributed by atoms with Crippen molar-refractivity contribution in [1.29, 1.82) is 0 Å². The van der Waals surface area contributed by atoms with E-state index in [2.05, 4.69) is 4.98 Å². The number of aromatic nitrogens is 1. The largest absolute Gasteiger partial charge is 0.396 e. The molecule has 0 bridgehead atoms. The second-order valence-corrected chi connectivity index (χ2v) is 5.67. The van der Waals surface area contributed by atoms with Crippen LogP contribution in [0, 0.1) is 5.41 Å². The minimum absolute atomic E-state index is 0.0271. The third kappa shape index (κ3) is 3.41. The van der Waals surface area contributed by atoms with Gasteiger partial charge in [0, 0.05) is 38.4 Å². The summed E-state index contributed by atoms with van der Waals surface area (Å²) in [6.07, 6.45) is 5.49. The molecule has 2 N–H and O–H groups in total. The van der Waals surface area contributed by atoms with E-state index in [1.807, 2.05) is 11.0 Å². The molecule has 1 unspecified atom stereocenters. The van der Waals surface area contributed by atoms with Gasteiger partial charge in [-0.05, 0) is 37.8 Å². The number of ether oxygens (including phenoxy) is 1. The van der Waals surface area contributed by atoms with Gasteiger partial charge >= 0.3 is 0 Å². The van der Waals surface area contributed by atoms with Crippen LogP contribution in [-0.2, 0) is 4.74 Å². The van der Waals surface area contributed by atoms with Crippen LogP contribution in [0.3, 0.4) is 0 Å². The molecular formula is C15H24N2O3. The number of hydrogen-bond donors (Lipinski definition) is 2. The quantitative estimate of drug-likeness (QED) is 0.779. The van der Waals surface area contributed by atoms with Crippen LogP contribution in [0.5, 0.6) is 0 Å². The van der Waals surface area contributed by atoms with E-state index >= 15 is 0 Å². The Labute approximate surface area is 119 Å². The molecule has 1 aromatic heterocycles. The molecule has 1 aromatic rings. The van der Waals surface area contributed by atoms with E-state index in [9.17, 15) is 9.90 Å². The van der Waals surface area contributed by atoms with Crippen molar-refractivity contribution in [2.75, 3.05) is 33.4 Å². The molecule has 0 aliphatic carbocycles. The van der Waals surface area contributed by atoms with Crippen LogP contribution in [0.1, 0.15) is 36.2 Å². The number of aliphatic hydroxyl groups excluding tert-OH is 1. The molecule has 2 rings (SSSR count). The first kappa shape index (κ1) is 15.1. The maximum absolute atomic E-state index is 12.4. The van der Waals surface area contributed by atoms with Gasteiger partial charge in [0.05, 0.1) is 6.61 Å². The molecule has 2 heterocycles. The van der Waals surface area contributed by atoms with E-state index in [0.717, 1.165) is 32.2 Å². The highest BCUT2D eigenvalue weighted by atomic mass is 16.5. The molecule has 1 aliphatic rings. The molecule has 1 atom stereocenters. The summed E-state index contributed by atoms with van der Waals surface area (Å²) in [6.45, 7) is 2.23. The number of nitrogens with one attached hydrogen (secondary N) is 1. The van der Waals surface area contributed by atoms with Gasteiger partial charge in [0.2, 0.25) is 0 Å². The summed E-state index contributed by atoms with van der Waals surface area (Å²) in [5, 5.41) is 9.78. The monoisotopic (exact) mass is 280 g/mol. The van der Waals surface area contributed by atoms with Crippen LogP contribution in [-0.4, -0.2) is 54.3 Å². The van der Waals surface area contributed by atoms with Gasteiger partial charge in [-0.15, -0.1) is 0 Å². The zero-order valence-corrected chi connectivity index (χ0v) is 12.1. The predicted molar refractivity (Wildman–Crippen MR) is 76.6 cm³/mol. The zero-order valence-electron chi connectivity index (χ0n) is 12.1. The first-order chi connectivity index (χ1) is 9.71. The summed E-state index contributed by atoms with van der Waals surface area (Å²) in [5.74, 6) is 0.0271. The number of likely N-dealkylation sites (tertiary alicyclic amines) is 1. The van der Waals surface area contributed by atoms with Gasteiger partial charge in [-0.3, -0.25) is 4.79 Å². The summed E-state index contributed by atoms with van der Waals surface area (Å²) in [4.78, 5) is 17.2. The van der Waals surface area contributed by atoms with Crippen molar-refractivity contribution in [1.82, 2.24) is 9.88 Å². The number of carbonyl (C=O) groups is 1. The lowest BCUT2D eigenvalue weighted by molar-refractivity contribution is 0.0177. The Hall–Kier alpha value is -1.33. The van der Waals surface area contributed by atoms with E-state index in [-0.39, 0.29) is 17.9 Å². The van der Waals surface area contributed by atoms with Gasteiger partial charge in [0.1, 0.15) is 5.69 Å². The molecule has 1 aliphatic heterocycles. The second-order valence-electron chi connectivity index (χ2n) is 5.67. The normalized spacial score (nSPS) is 23.0. The molecule has 1 fully saturated rings. The van der Waals surface area contributed by atoms with Gasteiger partial charge in [-0.25, -0.2) is 0 Å². The van der Waals surface area contributed by atoms with Crippen molar-refractivity contribution in [2.24, 2.45) is 5.41 Å². The average Bonchev–Trinajstić information content (AvgIpc) is 3.01. The van der Waals surface area contributed by atoms with E-state index in [1.165, 1.54) is 0 Å². The predicted octanol–water partition coefficient (Wildman–Crippen LogP) is 1.66. The molecule has 0 aromatic carbocycles. The average molecular weight is 280 g/mol. The van der Waals surface area contributed by atoms with Crippen LogP contribution in [0.2, 0.25) is 0 Å². The van der Waals surface area contributed by atoms with Crippen LogP contribution in [0.15, 0.2) is 18.3 Å². The van der Waals surface area contributed by atoms with Crippen molar-refractivity contribution in [2.45, 2.75) is 25.7 Å². The third-order valence-electron chi connectivity index (χ3n) is 4.17. The Morgan fingerprint density at radius 2 is 2.45 bits per heavy atom. The highest BCUT2D eigenvalue weighted by molar-refractivity contribution is 5.92. The number of nitrogens with zero attached hydrogens (tertiary/aromatic N) is 1. The number of piperidine rings is 1. The van der Waals surface area contributed by atoms with E-state index in [4.69, 9.17) is 4.74 Å². The molecule has 112 valence electrons. The number of hydrogen-bond acceptors (Lipinski definition) is 3. The Morgan fingerprint density at radius 3 is 3.10 bits per heavy atom. The van der Waals surface area contributed by atoms with Crippen LogP contribution in [0.4, 0.5) is 0 Å². The fraction of sp³-hybridized carbons (Fsp3) is 0.667. The van der Waals surface area contributed by atoms with Crippen molar-refractivity contribution in [3.05, 3.63) is 24.0 Å². The Balaban J connectivity index is 2.00. The number of carbonyl (C=O) groups excluding carboxylic acids is 1. The highest BCUT2D eigenvalue weighted by Crippen LogP contribution is 2.34. The van der Waals surface area contributed by atoms with Crippen LogP contribution < -0.4 is 0 Å². The second kappa shape index (κ2) is 6.90. The topological polar surface area (TPSA) is 65.6 Å². The zero-order chi connectivity index (χ0) is 14.4. The summed E-state index contributed by atoms with van der Waals surface area (Å²) in [5.41, 5.74) is 0.453. The van der Waals surface area contributed by atoms with Gasteiger partial charge in [-0.2, -0.15) is 0 Å². The lowest BCUT2D eigenvalue weighted by Gasteiger charge is -2.41. The Kier molecular flexibility index (Phi) is 5.20. The summed E-state index contributed by atoms with van der Waals surface area (Å²) in [6, 6.07) is 3.62. The molecule has 0 radical (unpaired) electrons. The summed E-state index contributed by atoms with van der Waals surface area (Å²) in [7, 11) is 1.69. The lowest BCUT2D eigenvalue weighted by atomic mass is 9.77. The fourth-order valence-electron chi connectivity index (χ4n) is 3.02. The van der Waals surface area contributed by atoms with Gasteiger partial charge in [0.25, 0.3) is 5.91 Å². The Morgan fingerprint density at radius 1 is 1.60 bits per heavy atom. The molecule has 5 heteroatoms. The van der Waals surface area contributed by atoms with Crippen molar-refractivity contribution < 1.29 is 14.6 Å². The number of amides is 1. The third-order valence-corrected chi connectivity index (χ3v) is 4.17. The molecular weight excluding hydrogens is 256 g/mol. The molecule has 1 amide bonds. The minimum Gasteiger partial charge on any atom is -0.396 e. The number of methoxy groups -OCH3 is 1. The van der Waals surface area contributed by atoms with Gasteiger partial charge in [0.15, 0.2) is 0 Å². The molecule has 20 heavy (non-hydrogen) atoms. The number of aromatic amines is 1. The first-order valence-electron chi connectivity index (χ1n) is 7.23. The van der Waals surface area contributed by atoms with Crippen LogP contribution in [0.25, 0.3) is 0 Å². The maximum atomic E-state index is 12.4. The maximum Gasteiger partial charge on any atom is 0.270 e. The van der Waals surface area contributed by atoms with E-state index < -0.39 is 0 Å². The smallest absolute Gasteiger partial charge is 0.270 e. The van der Waals surface area contributed by atoms with Gasteiger partial charge < -0.3 is 19.7 Å². The Bertz CT molecular complexity index is 419. The number of rotatable bonds is 6. The summed E-state index contributed by atoms with van der Waals surface area (Å²) >= 11 is 0. The van der Waals surface area contributed by atoms with Gasteiger partial charge in [-0.1, -0.05) is 0 Å². The molecule has 5 nitrogen and oxygen atoms in total. The lowest BCUT2D eigenvalue weighted by Crippen LogP contribution is -2.48. The highest BCUT2D eigenvalue weighted by Gasteiger charge is 2.36. The minimum atomic E-state index is -0.168. The standard InChI is InChI=1S/C15H24N2O3/c1-20-10-4-7-15(12-18)6-3-9-17(11-15)14(19)13-5-2-8-16-13/h2,5,8,16,18H,3-4,6-7,9-12H2,1H3. The number of H-pyrrole nitrogens is 1. The SMILES string of the molecule is COCCCC1(CO)CCCN(C(=O)c2ccc[nH]2)C1. The molecule has 0 saturated carbocycles. The van der Waals surface area contributed by atoms with Crippen molar-refractivity contribution >= 4 is 5.91 Å². The summed E-state index contributed by atoms with van der Waals surface area (Å²) < 4.78 is 5.09. The molecule has 1 saturated heterocycles. The van der Waals surface area contributed by atoms with E-state index in [1.54, 1.807) is 19.4 Å². The fourth-order valence-corrected chi connectivity index (χ4v) is 3.02. The van der Waals surface area contributed by atoms with Crippen LogP contribution >= 0.6 is 0 Å². The molecule has 0 spiro atoms. The van der Waals surface area contributed by atoms with Crippen molar-refractivity contribution in [3.63, 3.8) is 0 Å². The van der Waals surface area contributed by atoms with E-state index in [0.29, 0.717) is 18.8 Å².